The van der Waals surface area contributed by atoms with Gasteiger partial charge in [0.05, 0.1) is 11.6 Å². The Balaban J connectivity index is 1.70. The molecule has 1 atom stereocenters. The molecule has 0 saturated heterocycles. The minimum absolute atomic E-state index is 0.166. The third-order valence-electron chi connectivity index (χ3n) is 4.70. The number of anilines is 1. The van der Waals surface area contributed by atoms with Crippen molar-refractivity contribution in [2.24, 2.45) is 0 Å². The zero-order chi connectivity index (χ0) is 17.0. The second-order valence-electron chi connectivity index (χ2n) is 6.00. The normalized spacial score (nSPS) is 17.6. The standard InChI is InChI=1S/C20H12N2O3/c21-10-16-15-7-5-12-3-1-2-4-14(12)19(15)20(23)22(16)13-6-8-17-18(9-13)25-11-24-17/h1-9,16H,11H2. The van der Waals surface area contributed by atoms with E-state index in [0.717, 1.165) is 16.3 Å². The van der Waals surface area contributed by atoms with E-state index in [1.54, 1.807) is 18.2 Å². The third kappa shape index (κ3) is 1.85. The van der Waals surface area contributed by atoms with Crippen molar-refractivity contribution >= 4 is 22.4 Å². The molecule has 0 bridgehead atoms. The predicted octanol–water partition coefficient (Wildman–Crippen LogP) is 3.79. The minimum Gasteiger partial charge on any atom is -0.454 e. The first-order valence-electron chi connectivity index (χ1n) is 7.92. The van der Waals surface area contributed by atoms with Crippen LogP contribution in [0.25, 0.3) is 10.8 Å². The van der Waals surface area contributed by atoms with Crippen LogP contribution >= 0.6 is 0 Å². The summed E-state index contributed by atoms with van der Waals surface area (Å²) in [4.78, 5) is 14.7. The van der Waals surface area contributed by atoms with E-state index < -0.39 is 6.04 Å². The van der Waals surface area contributed by atoms with E-state index in [2.05, 4.69) is 6.07 Å². The Bertz CT molecular complexity index is 1080. The molecular formula is C20H12N2O3. The van der Waals surface area contributed by atoms with Crippen LogP contribution in [0.15, 0.2) is 54.6 Å². The van der Waals surface area contributed by atoms with Gasteiger partial charge in [-0.3, -0.25) is 9.69 Å². The van der Waals surface area contributed by atoms with Gasteiger partial charge in [-0.25, -0.2) is 0 Å². The maximum atomic E-state index is 13.2. The van der Waals surface area contributed by atoms with Crippen LogP contribution in [0.2, 0.25) is 0 Å². The monoisotopic (exact) mass is 328 g/mol. The highest BCUT2D eigenvalue weighted by Crippen LogP contribution is 2.43. The quantitative estimate of drug-likeness (QED) is 0.682. The van der Waals surface area contributed by atoms with Crippen LogP contribution in [0.1, 0.15) is 22.0 Å². The Morgan fingerprint density at radius 1 is 1.04 bits per heavy atom. The lowest BCUT2D eigenvalue weighted by Crippen LogP contribution is -2.26. The van der Waals surface area contributed by atoms with Crippen LogP contribution in [-0.2, 0) is 0 Å². The summed E-state index contributed by atoms with van der Waals surface area (Å²) in [6.45, 7) is 0.166. The number of hydrogen-bond acceptors (Lipinski definition) is 4. The Labute approximate surface area is 143 Å². The van der Waals surface area contributed by atoms with E-state index in [0.29, 0.717) is 22.7 Å². The Morgan fingerprint density at radius 2 is 1.88 bits per heavy atom. The topological polar surface area (TPSA) is 62.6 Å². The van der Waals surface area contributed by atoms with Gasteiger partial charge in [-0.2, -0.15) is 5.26 Å². The number of nitriles is 1. The van der Waals surface area contributed by atoms with E-state index in [1.165, 1.54) is 4.90 Å². The Hall–Kier alpha value is -3.52. The average Bonchev–Trinajstić information content (AvgIpc) is 3.23. The van der Waals surface area contributed by atoms with Gasteiger partial charge < -0.3 is 9.47 Å². The second-order valence-corrected chi connectivity index (χ2v) is 6.00. The highest BCUT2D eigenvalue weighted by molar-refractivity contribution is 6.19. The van der Waals surface area contributed by atoms with Gasteiger partial charge in [-0.1, -0.05) is 36.4 Å². The summed E-state index contributed by atoms with van der Waals surface area (Å²) in [6.07, 6.45) is 0. The number of rotatable bonds is 1. The van der Waals surface area contributed by atoms with Crippen LogP contribution in [0, 0.1) is 11.3 Å². The van der Waals surface area contributed by atoms with Crippen molar-refractivity contribution in [1.29, 1.82) is 5.26 Å². The highest BCUT2D eigenvalue weighted by Gasteiger charge is 2.39. The molecule has 0 radical (unpaired) electrons. The number of nitrogens with zero attached hydrogens (tertiary/aromatic N) is 2. The third-order valence-corrected chi connectivity index (χ3v) is 4.70. The molecule has 3 aromatic carbocycles. The number of carbonyl (C=O) groups excluding carboxylic acids is 1. The molecule has 0 N–H and O–H groups in total. The molecule has 5 rings (SSSR count). The molecule has 2 aliphatic heterocycles. The van der Waals surface area contributed by atoms with Gasteiger partial charge in [0, 0.05) is 17.3 Å². The predicted molar refractivity (Wildman–Crippen MR) is 91.7 cm³/mol. The number of hydrogen-bond donors (Lipinski definition) is 0. The molecule has 1 amide bonds. The van der Waals surface area contributed by atoms with Crippen LogP contribution in [0.4, 0.5) is 5.69 Å². The molecule has 0 fully saturated rings. The van der Waals surface area contributed by atoms with Crippen LogP contribution < -0.4 is 14.4 Å². The van der Waals surface area contributed by atoms with Gasteiger partial charge >= 0.3 is 0 Å². The molecule has 3 aromatic rings. The van der Waals surface area contributed by atoms with Crippen LogP contribution in [0.5, 0.6) is 11.5 Å². The van der Waals surface area contributed by atoms with Crippen molar-refractivity contribution in [3.8, 4) is 17.6 Å². The van der Waals surface area contributed by atoms with E-state index in [-0.39, 0.29) is 12.7 Å². The smallest absolute Gasteiger partial charge is 0.260 e. The molecule has 0 aromatic heterocycles. The first-order valence-corrected chi connectivity index (χ1v) is 7.92. The van der Waals surface area contributed by atoms with E-state index in [4.69, 9.17) is 9.47 Å². The Kier molecular flexibility index (Phi) is 2.77. The summed E-state index contributed by atoms with van der Waals surface area (Å²) in [5.41, 5.74) is 1.97. The van der Waals surface area contributed by atoms with Gasteiger partial charge in [-0.15, -0.1) is 0 Å². The lowest BCUT2D eigenvalue weighted by molar-refractivity contribution is 0.0996. The van der Waals surface area contributed by atoms with Gasteiger partial charge in [0.2, 0.25) is 6.79 Å². The van der Waals surface area contributed by atoms with Crippen molar-refractivity contribution in [3.63, 3.8) is 0 Å². The summed E-state index contributed by atoms with van der Waals surface area (Å²) in [7, 11) is 0. The molecule has 0 aliphatic carbocycles. The summed E-state index contributed by atoms with van der Waals surface area (Å²) in [5.74, 6) is 1.06. The first-order chi connectivity index (χ1) is 12.3. The number of carbonyl (C=O) groups is 1. The van der Waals surface area contributed by atoms with Gasteiger partial charge in [-0.05, 0) is 22.9 Å². The average molecular weight is 328 g/mol. The number of benzene rings is 3. The fourth-order valence-corrected chi connectivity index (χ4v) is 3.56. The SMILES string of the molecule is N#CC1c2ccc3ccccc3c2C(=O)N1c1ccc2c(c1)OCO2. The highest BCUT2D eigenvalue weighted by atomic mass is 16.7. The van der Waals surface area contributed by atoms with E-state index in [1.807, 2.05) is 36.4 Å². The zero-order valence-electron chi connectivity index (χ0n) is 13.1. The van der Waals surface area contributed by atoms with Gasteiger partial charge in [0.15, 0.2) is 17.5 Å². The first kappa shape index (κ1) is 13.9. The number of amides is 1. The van der Waals surface area contributed by atoms with Crippen LogP contribution in [-0.4, -0.2) is 12.7 Å². The summed E-state index contributed by atoms with van der Waals surface area (Å²) in [5, 5.41) is 11.6. The maximum absolute atomic E-state index is 13.2. The maximum Gasteiger partial charge on any atom is 0.260 e. The minimum atomic E-state index is -0.660. The Morgan fingerprint density at radius 3 is 2.76 bits per heavy atom. The van der Waals surface area contributed by atoms with Gasteiger partial charge in [0.1, 0.15) is 0 Å². The van der Waals surface area contributed by atoms with Crippen molar-refractivity contribution in [3.05, 3.63) is 65.7 Å². The fraction of sp³-hybridized carbons (Fsp3) is 0.100. The van der Waals surface area contributed by atoms with Crippen molar-refractivity contribution in [2.75, 3.05) is 11.7 Å². The largest absolute Gasteiger partial charge is 0.454 e. The summed E-state index contributed by atoms with van der Waals surface area (Å²) < 4.78 is 10.7. The number of fused-ring (bicyclic) bond motifs is 4. The molecule has 25 heavy (non-hydrogen) atoms. The van der Waals surface area contributed by atoms with E-state index >= 15 is 0 Å². The fourth-order valence-electron chi connectivity index (χ4n) is 3.56. The molecular weight excluding hydrogens is 316 g/mol. The van der Waals surface area contributed by atoms with Crippen LogP contribution in [0.3, 0.4) is 0 Å². The molecule has 2 heterocycles. The van der Waals surface area contributed by atoms with Crippen molar-refractivity contribution in [1.82, 2.24) is 0 Å². The molecule has 0 spiro atoms. The lowest BCUT2D eigenvalue weighted by atomic mass is 9.98. The summed E-state index contributed by atoms with van der Waals surface area (Å²) >= 11 is 0. The number of ether oxygens (including phenoxy) is 2. The summed E-state index contributed by atoms with van der Waals surface area (Å²) in [6, 6.07) is 18.4. The lowest BCUT2D eigenvalue weighted by Gasteiger charge is -2.20. The van der Waals surface area contributed by atoms with Crippen molar-refractivity contribution < 1.29 is 14.3 Å². The molecule has 5 heteroatoms. The second kappa shape index (κ2) is 4.99. The zero-order valence-corrected chi connectivity index (χ0v) is 13.1. The molecule has 0 saturated carbocycles. The molecule has 2 aliphatic rings. The van der Waals surface area contributed by atoms with Crippen molar-refractivity contribution in [2.45, 2.75) is 6.04 Å². The molecule has 1 unspecified atom stereocenters. The van der Waals surface area contributed by atoms with Gasteiger partial charge in [0.25, 0.3) is 5.91 Å². The molecule has 5 nitrogen and oxygen atoms in total. The molecule has 120 valence electrons. The van der Waals surface area contributed by atoms with E-state index in [9.17, 15) is 10.1 Å².